The van der Waals surface area contributed by atoms with Crippen LogP contribution < -0.4 is 15.8 Å². The zero-order chi connectivity index (χ0) is 17.8. The molecule has 0 unspecified atom stereocenters. The summed E-state index contributed by atoms with van der Waals surface area (Å²) >= 11 is 3.44. The zero-order valence-electron chi connectivity index (χ0n) is 14.5. The summed E-state index contributed by atoms with van der Waals surface area (Å²) in [6.45, 7) is 4.40. The van der Waals surface area contributed by atoms with Gasteiger partial charge >= 0.3 is 0 Å². The number of pyridine rings is 1. The molecule has 0 bridgehead atoms. The van der Waals surface area contributed by atoms with Crippen LogP contribution in [0.15, 0.2) is 58.3 Å². The van der Waals surface area contributed by atoms with Gasteiger partial charge in [0.25, 0.3) is 0 Å². The lowest BCUT2D eigenvalue weighted by atomic mass is 10.3. The van der Waals surface area contributed by atoms with Gasteiger partial charge in [0.05, 0.1) is 18.3 Å². The van der Waals surface area contributed by atoms with E-state index < -0.39 is 0 Å². The van der Waals surface area contributed by atoms with Crippen LogP contribution in [0.3, 0.4) is 0 Å². The third-order valence-electron chi connectivity index (χ3n) is 3.37. The Bertz CT molecular complexity index is 892. The van der Waals surface area contributed by atoms with Crippen molar-refractivity contribution in [3.8, 4) is 5.75 Å². The number of nitrogens with two attached hydrogens (primary N) is 1. The predicted molar refractivity (Wildman–Crippen MR) is 119 cm³/mol. The fourth-order valence-corrected chi connectivity index (χ4v) is 2.69. The first-order valence-corrected chi connectivity index (χ1v) is 8.76. The fraction of sp³-hybridized carbons (Fsp3) is 0.222. The molecule has 0 aliphatic rings. The van der Waals surface area contributed by atoms with Crippen LogP contribution in [-0.4, -0.2) is 21.4 Å². The van der Waals surface area contributed by atoms with E-state index in [0.29, 0.717) is 12.5 Å². The van der Waals surface area contributed by atoms with Gasteiger partial charge in [0.2, 0.25) is 0 Å². The lowest BCUT2D eigenvalue weighted by Gasteiger charge is -2.10. The van der Waals surface area contributed by atoms with E-state index in [1.165, 1.54) is 0 Å². The quantitative estimate of drug-likeness (QED) is 0.291. The highest BCUT2D eigenvalue weighted by Crippen LogP contribution is 2.17. The van der Waals surface area contributed by atoms with Gasteiger partial charge in [0, 0.05) is 22.6 Å². The molecular formula is C18H21BrIN5O. The minimum Gasteiger partial charge on any atom is -0.491 e. The summed E-state index contributed by atoms with van der Waals surface area (Å²) in [5.74, 6) is 1.17. The molecule has 0 amide bonds. The van der Waals surface area contributed by atoms with Gasteiger partial charge in [-0.1, -0.05) is 0 Å². The molecule has 3 N–H and O–H groups in total. The number of hydrogen-bond donors (Lipinski definition) is 2. The summed E-state index contributed by atoms with van der Waals surface area (Å²) in [5, 5.41) is 3.07. The summed E-state index contributed by atoms with van der Waals surface area (Å²) in [5.41, 5.74) is 8.54. The number of rotatable bonds is 5. The lowest BCUT2D eigenvalue weighted by molar-refractivity contribution is 0.242. The fourth-order valence-electron chi connectivity index (χ4n) is 2.34. The van der Waals surface area contributed by atoms with Gasteiger partial charge in [-0.3, -0.25) is 0 Å². The first-order valence-electron chi connectivity index (χ1n) is 7.96. The molecule has 0 atom stereocenters. The molecule has 26 heavy (non-hydrogen) atoms. The highest BCUT2D eigenvalue weighted by atomic mass is 127. The van der Waals surface area contributed by atoms with Gasteiger partial charge in [0.15, 0.2) is 5.96 Å². The van der Waals surface area contributed by atoms with Crippen LogP contribution in [-0.2, 0) is 6.54 Å². The number of fused-ring (bicyclic) bond motifs is 1. The first-order chi connectivity index (χ1) is 12.0. The number of benzene rings is 1. The normalized spacial score (nSPS) is 11.5. The summed E-state index contributed by atoms with van der Waals surface area (Å²) in [6, 6.07) is 11.5. The molecule has 8 heteroatoms. The maximum absolute atomic E-state index is 5.96. The third-order valence-corrected chi connectivity index (χ3v) is 3.84. The number of halogens is 2. The van der Waals surface area contributed by atoms with Crippen molar-refractivity contribution in [2.75, 3.05) is 5.32 Å². The maximum atomic E-state index is 5.96. The summed E-state index contributed by atoms with van der Waals surface area (Å²) < 4.78 is 8.56. The highest BCUT2D eigenvalue weighted by molar-refractivity contribution is 14.0. The molecular weight excluding hydrogens is 509 g/mol. The molecule has 138 valence electrons. The highest BCUT2D eigenvalue weighted by Gasteiger charge is 2.03. The second-order valence-electron chi connectivity index (χ2n) is 5.86. The molecule has 3 aromatic rings. The van der Waals surface area contributed by atoms with E-state index in [1.807, 2.05) is 67.0 Å². The van der Waals surface area contributed by atoms with Crippen LogP contribution in [0.4, 0.5) is 5.69 Å². The number of hydrogen-bond acceptors (Lipinski definition) is 3. The number of aliphatic imine (C=N–C) groups is 1. The smallest absolute Gasteiger partial charge is 0.193 e. The number of nitrogens with zero attached hydrogens (tertiary/aromatic N) is 3. The van der Waals surface area contributed by atoms with Gasteiger partial charge in [-0.25, -0.2) is 9.98 Å². The number of guanidine groups is 1. The number of anilines is 1. The summed E-state index contributed by atoms with van der Waals surface area (Å²) in [4.78, 5) is 8.85. The average molecular weight is 530 g/mol. The molecule has 2 aromatic heterocycles. The Labute approximate surface area is 178 Å². The molecule has 0 radical (unpaired) electrons. The van der Waals surface area contributed by atoms with E-state index in [-0.39, 0.29) is 30.1 Å². The van der Waals surface area contributed by atoms with Crippen molar-refractivity contribution in [3.05, 3.63) is 59.0 Å². The Hall–Kier alpha value is -1.81. The second-order valence-corrected chi connectivity index (χ2v) is 6.78. The number of ether oxygens (including phenoxy) is 1. The van der Waals surface area contributed by atoms with Gasteiger partial charge < -0.3 is 20.2 Å². The van der Waals surface area contributed by atoms with E-state index in [9.17, 15) is 0 Å². The molecule has 0 saturated carbocycles. The molecule has 6 nitrogen and oxygen atoms in total. The van der Waals surface area contributed by atoms with E-state index in [2.05, 4.69) is 31.2 Å². The monoisotopic (exact) mass is 529 g/mol. The SMILES string of the molecule is CC(C)Oc1ccc(NC(N)=NCc2cn3cc(Br)ccc3n2)cc1.I. The van der Waals surface area contributed by atoms with Crippen molar-refractivity contribution in [3.63, 3.8) is 0 Å². The van der Waals surface area contributed by atoms with Crippen molar-refractivity contribution < 1.29 is 4.74 Å². The first kappa shape index (κ1) is 20.5. The number of aromatic nitrogens is 2. The Balaban J connectivity index is 0.00000243. The topological polar surface area (TPSA) is 76.9 Å². The molecule has 1 aromatic carbocycles. The van der Waals surface area contributed by atoms with Crippen molar-refractivity contribution >= 4 is 57.2 Å². The largest absolute Gasteiger partial charge is 0.491 e. The zero-order valence-corrected chi connectivity index (χ0v) is 18.4. The Morgan fingerprint density at radius 2 is 1.96 bits per heavy atom. The average Bonchev–Trinajstić information content (AvgIpc) is 2.96. The molecule has 3 rings (SSSR count). The number of imidazole rings is 1. The minimum absolute atomic E-state index is 0. The Morgan fingerprint density at radius 3 is 2.65 bits per heavy atom. The summed E-state index contributed by atoms with van der Waals surface area (Å²) in [7, 11) is 0. The number of nitrogens with one attached hydrogen (secondary N) is 1. The van der Waals surface area contributed by atoms with Crippen molar-refractivity contribution in [2.45, 2.75) is 26.5 Å². The molecule has 0 saturated heterocycles. The maximum Gasteiger partial charge on any atom is 0.193 e. The van der Waals surface area contributed by atoms with Crippen molar-refractivity contribution in [1.29, 1.82) is 0 Å². The van der Waals surface area contributed by atoms with Crippen LogP contribution in [0.1, 0.15) is 19.5 Å². The third kappa shape index (κ3) is 5.60. The van der Waals surface area contributed by atoms with Gasteiger partial charge in [-0.15, -0.1) is 24.0 Å². The molecule has 2 heterocycles. The van der Waals surface area contributed by atoms with Gasteiger partial charge in [0.1, 0.15) is 11.4 Å². The van der Waals surface area contributed by atoms with E-state index in [1.54, 1.807) is 0 Å². The van der Waals surface area contributed by atoms with Crippen LogP contribution in [0.5, 0.6) is 5.75 Å². The molecule has 0 spiro atoms. The lowest BCUT2D eigenvalue weighted by Crippen LogP contribution is -2.22. The van der Waals surface area contributed by atoms with Crippen LogP contribution in [0.25, 0.3) is 5.65 Å². The minimum atomic E-state index is 0. The Morgan fingerprint density at radius 1 is 1.23 bits per heavy atom. The molecule has 0 aliphatic carbocycles. The van der Waals surface area contributed by atoms with Crippen LogP contribution in [0, 0.1) is 0 Å². The standard InChI is InChI=1S/C18H20BrN5O.HI/c1-12(2)25-16-6-4-14(5-7-16)23-18(20)21-9-15-11-24-10-13(19)3-8-17(24)22-15;/h3-8,10-12H,9H2,1-2H3,(H3,20,21,23);1H. The second kappa shape index (κ2) is 9.22. The van der Waals surface area contributed by atoms with Crippen molar-refractivity contribution in [2.24, 2.45) is 10.7 Å². The Kier molecular flexibility index (Phi) is 7.27. The summed E-state index contributed by atoms with van der Waals surface area (Å²) in [6.07, 6.45) is 4.05. The van der Waals surface area contributed by atoms with E-state index >= 15 is 0 Å². The van der Waals surface area contributed by atoms with Gasteiger partial charge in [-0.05, 0) is 66.2 Å². The van der Waals surface area contributed by atoms with Crippen molar-refractivity contribution in [1.82, 2.24) is 9.38 Å². The van der Waals surface area contributed by atoms with E-state index in [4.69, 9.17) is 10.5 Å². The molecule has 0 fully saturated rings. The predicted octanol–water partition coefficient (Wildman–Crippen LogP) is 4.43. The van der Waals surface area contributed by atoms with Crippen LogP contribution in [0.2, 0.25) is 0 Å². The van der Waals surface area contributed by atoms with E-state index in [0.717, 1.165) is 27.3 Å². The molecule has 0 aliphatic heterocycles. The van der Waals surface area contributed by atoms with Crippen LogP contribution >= 0.6 is 39.9 Å². The van der Waals surface area contributed by atoms with Gasteiger partial charge in [-0.2, -0.15) is 0 Å².